The average molecular weight is 466 g/mol. The zero-order valence-corrected chi connectivity index (χ0v) is 21.3. The lowest BCUT2D eigenvalue weighted by molar-refractivity contribution is -0.190. The highest BCUT2D eigenvalue weighted by atomic mass is 16.5. The van der Waals surface area contributed by atoms with Gasteiger partial charge >= 0.3 is 0 Å². The molecule has 184 valence electrons. The lowest BCUT2D eigenvalue weighted by atomic mass is 9.80. The summed E-state index contributed by atoms with van der Waals surface area (Å²) in [6.07, 6.45) is 3.76. The quantitative estimate of drug-likeness (QED) is 0.523. The van der Waals surface area contributed by atoms with E-state index in [-0.39, 0.29) is 29.8 Å². The molecule has 0 radical (unpaired) electrons. The van der Waals surface area contributed by atoms with E-state index in [0.717, 1.165) is 48.1 Å². The van der Waals surface area contributed by atoms with Gasteiger partial charge in [-0.05, 0) is 76.3 Å². The van der Waals surface area contributed by atoms with Gasteiger partial charge in [-0.25, -0.2) is 0 Å². The third kappa shape index (κ3) is 5.47. The number of ether oxygens (including phenoxy) is 3. The Hall–Kier alpha value is -2.37. The molecule has 2 aliphatic rings. The maximum atomic E-state index is 13.4. The summed E-state index contributed by atoms with van der Waals surface area (Å²) >= 11 is 0. The molecule has 5 nitrogen and oxygen atoms in total. The van der Waals surface area contributed by atoms with Gasteiger partial charge in [-0.15, -0.1) is 0 Å². The monoisotopic (exact) mass is 465 g/mol. The zero-order chi connectivity index (χ0) is 24.3. The summed E-state index contributed by atoms with van der Waals surface area (Å²) < 4.78 is 18.8. The Bertz CT molecular complexity index is 956. The first kappa shape index (κ1) is 24.7. The summed E-state index contributed by atoms with van der Waals surface area (Å²) in [5.74, 6) is 0.975. The van der Waals surface area contributed by atoms with Crippen molar-refractivity contribution < 1.29 is 19.0 Å². The number of carbonyl (C=O) groups excluding carboxylic acids is 1. The maximum absolute atomic E-state index is 13.4. The van der Waals surface area contributed by atoms with Crippen molar-refractivity contribution >= 4 is 5.91 Å². The highest BCUT2D eigenvalue weighted by Gasteiger charge is 2.45. The van der Waals surface area contributed by atoms with Gasteiger partial charge in [0.1, 0.15) is 5.75 Å². The maximum Gasteiger partial charge on any atom is 0.253 e. The summed E-state index contributed by atoms with van der Waals surface area (Å²) in [6.45, 7) is 12.2. The van der Waals surface area contributed by atoms with E-state index in [1.807, 2.05) is 50.8 Å². The molecule has 0 aliphatic carbocycles. The number of amides is 1. The molecule has 2 aliphatic heterocycles. The SMILES string of the molecule is CCO[C@H]1C[C@@H](c2ccccc2)OC2(CCN(C(=O)c3cc(C)c(OC(C)C)c(C)c3)CC2)C1. The van der Waals surface area contributed by atoms with Gasteiger partial charge in [0.05, 0.1) is 23.9 Å². The lowest BCUT2D eigenvalue weighted by Gasteiger charge is -2.48. The number of likely N-dealkylation sites (tertiary alicyclic amines) is 1. The molecule has 2 atom stereocenters. The first-order chi connectivity index (χ1) is 16.3. The van der Waals surface area contributed by atoms with Gasteiger partial charge in [0.15, 0.2) is 0 Å². The van der Waals surface area contributed by atoms with Crippen LogP contribution in [0.15, 0.2) is 42.5 Å². The standard InChI is InChI=1S/C29H39NO4/c1-6-32-25-18-26(23-10-8-7-9-11-23)34-29(19-25)12-14-30(15-13-29)28(31)24-16-21(4)27(22(5)17-24)33-20(2)3/h7-11,16-17,20,25-26H,6,12-15,18-19H2,1-5H3/t25-,26-/m0/s1. The van der Waals surface area contributed by atoms with E-state index >= 15 is 0 Å². The van der Waals surface area contributed by atoms with Gasteiger partial charge < -0.3 is 19.1 Å². The Morgan fingerprint density at radius 2 is 1.76 bits per heavy atom. The topological polar surface area (TPSA) is 48.0 Å². The van der Waals surface area contributed by atoms with Crippen molar-refractivity contribution in [1.29, 1.82) is 0 Å². The van der Waals surface area contributed by atoms with E-state index in [1.54, 1.807) is 0 Å². The Morgan fingerprint density at radius 1 is 1.12 bits per heavy atom. The van der Waals surface area contributed by atoms with E-state index in [2.05, 4.69) is 31.2 Å². The molecule has 2 saturated heterocycles. The molecule has 0 aromatic heterocycles. The number of rotatable bonds is 6. The second kappa shape index (κ2) is 10.5. The Kier molecular flexibility index (Phi) is 7.63. The third-order valence-corrected chi connectivity index (χ3v) is 7.07. The zero-order valence-electron chi connectivity index (χ0n) is 21.3. The van der Waals surface area contributed by atoms with Crippen LogP contribution in [0, 0.1) is 13.8 Å². The molecule has 1 amide bonds. The minimum atomic E-state index is -0.240. The van der Waals surface area contributed by atoms with Crippen molar-refractivity contribution in [3.63, 3.8) is 0 Å². The van der Waals surface area contributed by atoms with Gasteiger partial charge in [-0.3, -0.25) is 4.79 Å². The Morgan fingerprint density at radius 3 is 2.35 bits per heavy atom. The number of carbonyl (C=O) groups is 1. The van der Waals surface area contributed by atoms with Crippen LogP contribution in [0.25, 0.3) is 0 Å². The van der Waals surface area contributed by atoms with Crippen LogP contribution in [-0.2, 0) is 9.47 Å². The van der Waals surface area contributed by atoms with Crippen molar-refractivity contribution in [2.24, 2.45) is 0 Å². The number of piperidine rings is 1. The van der Waals surface area contributed by atoms with Gasteiger partial charge in [-0.1, -0.05) is 30.3 Å². The van der Waals surface area contributed by atoms with Crippen LogP contribution in [0.5, 0.6) is 5.75 Å². The molecule has 4 rings (SSSR count). The molecule has 0 saturated carbocycles. The van der Waals surface area contributed by atoms with Crippen molar-refractivity contribution in [2.75, 3.05) is 19.7 Å². The summed E-state index contributed by atoms with van der Waals surface area (Å²) in [5, 5.41) is 0. The molecular formula is C29H39NO4. The molecule has 0 unspecified atom stereocenters. The van der Waals surface area contributed by atoms with Crippen LogP contribution in [-0.4, -0.2) is 48.3 Å². The van der Waals surface area contributed by atoms with Crippen LogP contribution in [0.3, 0.4) is 0 Å². The van der Waals surface area contributed by atoms with E-state index in [9.17, 15) is 4.79 Å². The van der Waals surface area contributed by atoms with E-state index in [1.165, 1.54) is 5.56 Å². The van der Waals surface area contributed by atoms with Crippen molar-refractivity contribution in [1.82, 2.24) is 4.90 Å². The minimum absolute atomic E-state index is 0.0348. The summed E-state index contributed by atoms with van der Waals surface area (Å²) in [6, 6.07) is 14.4. The molecular weight excluding hydrogens is 426 g/mol. The van der Waals surface area contributed by atoms with Crippen molar-refractivity contribution in [3.8, 4) is 5.75 Å². The highest BCUT2D eigenvalue weighted by Crippen LogP contribution is 2.44. The number of benzene rings is 2. The molecule has 34 heavy (non-hydrogen) atoms. The smallest absolute Gasteiger partial charge is 0.253 e. The average Bonchev–Trinajstić information content (AvgIpc) is 2.82. The van der Waals surface area contributed by atoms with Crippen LogP contribution in [0.1, 0.15) is 79.6 Å². The van der Waals surface area contributed by atoms with E-state index in [4.69, 9.17) is 14.2 Å². The van der Waals surface area contributed by atoms with Crippen LogP contribution >= 0.6 is 0 Å². The Balaban J connectivity index is 1.46. The highest BCUT2D eigenvalue weighted by molar-refractivity contribution is 5.95. The minimum Gasteiger partial charge on any atom is -0.490 e. The van der Waals surface area contributed by atoms with Crippen molar-refractivity contribution in [2.45, 2.75) is 84.2 Å². The summed E-state index contributed by atoms with van der Waals surface area (Å²) in [4.78, 5) is 15.4. The van der Waals surface area contributed by atoms with Crippen LogP contribution < -0.4 is 4.74 Å². The van der Waals surface area contributed by atoms with Crippen molar-refractivity contribution in [3.05, 3.63) is 64.7 Å². The fraction of sp³-hybridized carbons (Fsp3) is 0.552. The first-order valence-corrected chi connectivity index (χ1v) is 12.7. The molecule has 1 spiro atoms. The predicted molar refractivity (Wildman–Crippen MR) is 134 cm³/mol. The Labute approximate surface area is 204 Å². The van der Waals surface area contributed by atoms with Gasteiger partial charge in [0, 0.05) is 38.1 Å². The van der Waals surface area contributed by atoms with E-state index in [0.29, 0.717) is 19.7 Å². The molecule has 5 heteroatoms. The van der Waals surface area contributed by atoms with Crippen LogP contribution in [0.2, 0.25) is 0 Å². The molecule has 0 N–H and O–H groups in total. The number of hydrogen-bond donors (Lipinski definition) is 0. The molecule has 2 aromatic rings. The van der Waals surface area contributed by atoms with Gasteiger partial charge in [0.25, 0.3) is 5.91 Å². The second-order valence-electron chi connectivity index (χ2n) is 10.1. The summed E-state index contributed by atoms with van der Waals surface area (Å²) in [5.41, 5.74) is 3.72. The molecule has 2 aromatic carbocycles. The lowest BCUT2D eigenvalue weighted by Crippen LogP contribution is -2.52. The predicted octanol–water partition coefficient (Wildman–Crippen LogP) is 6.02. The largest absolute Gasteiger partial charge is 0.490 e. The fourth-order valence-corrected chi connectivity index (χ4v) is 5.49. The number of nitrogens with zero attached hydrogens (tertiary/aromatic N) is 1. The van der Waals surface area contributed by atoms with E-state index < -0.39 is 0 Å². The van der Waals surface area contributed by atoms with Gasteiger partial charge in [0.2, 0.25) is 0 Å². The molecule has 2 heterocycles. The fourth-order valence-electron chi connectivity index (χ4n) is 5.49. The third-order valence-electron chi connectivity index (χ3n) is 7.07. The van der Waals surface area contributed by atoms with Gasteiger partial charge in [-0.2, -0.15) is 0 Å². The normalized spacial score (nSPS) is 22.2. The molecule has 2 fully saturated rings. The first-order valence-electron chi connectivity index (χ1n) is 12.7. The summed E-state index contributed by atoms with van der Waals surface area (Å²) in [7, 11) is 0. The number of aryl methyl sites for hydroxylation is 2. The van der Waals surface area contributed by atoms with Crippen LogP contribution in [0.4, 0.5) is 0 Å². The molecule has 0 bridgehead atoms. The number of hydrogen-bond acceptors (Lipinski definition) is 4. The second-order valence-corrected chi connectivity index (χ2v) is 10.1.